The molecule has 3 N–H and O–H groups in total. The molecule has 0 unspecified atom stereocenters. The molecule has 2 aromatic carbocycles. The maximum Gasteiger partial charge on any atom is 0.224 e. The lowest BCUT2D eigenvalue weighted by Gasteiger charge is -2.18. The van der Waals surface area contributed by atoms with Gasteiger partial charge in [-0.1, -0.05) is 18.3 Å². The van der Waals surface area contributed by atoms with Crippen LogP contribution >= 0.6 is 12.2 Å². The zero-order valence-corrected chi connectivity index (χ0v) is 21.8. The number of hydrogen-bond acceptors (Lipinski definition) is 9. The van der Waals surface area contributed by atoms with E-state index in [1.54, 1.807) is 29.4 Å². The molecule has 0 saturated carbocycles. The zero-order chi connectivity index (χ0) is 26.0. The highest BCUT2D eigenvalue weighted by atomic mass is 32.1. The normalized spacial score (nSPS) is 11.7. The quantitative estimate of drug-likeness (QED) is 0.252. The lowest BCUT2D eigenvalue weighted by Crippen LogP contribution is -2.32. The Kier molecular flexibility index (Phi) is 6.77. The van der Waals surface area contributed by atoms with Crippen molar-refractivity contribution in [3.05, 3.63) is 72.6 Å². The Morgan fingerprint density at radius 2 is 1.95 bits per heavy atom. The first-order chi connectivity index (χ1) is 17.7. The first kappa shape index (κ1) is 24.7. The average Bonchev–Trinajstić information content (AvgIpc) is 3.32. The summed E-state index contributed by atoms with van der Waals surface area (Å²) in [4.78, 5) is 14.2. The second kappa shape index (κ2) is 10.2. The number of rotatable bonds is 9. The number of anilines is 2. The van der Waals surface area contributed by atoms with Gasteiger partial charge in [0.1, 0.15) is 30.5 Å². The van der Waals surface area contributed by atoms with Crippen LogP contribution in [-0.2, 0) is 6.42 Å². The third-order valence-electron chi connectivity index (χ3n) is 5.96. The van der Waals surface area contributed by atoms with Gasteiger partial charge in [0.15, 0.2) is 5.65 Å². The number of ether oxygens (including phenoxy) is 1. The van der Waals surface area contributed by atoms with Crippen LogP contribution in [0.5, 0.6) is 11.6 Å². The molecule has 9 nitrogen and oxygen atoms in total. The minimum atomic E-state index is -0.224. The standard InChI is InChI=1S/C27H28N8OS/c1-17-10-19(5-7-23(17)36-25-13-24-34-32-16-35(24)15-31-25)33-26-21-12-18(4-6-22(21)29-14-30-26)11-20(37)8-9-27(2,3)28/h4-7,10,12-16H,8-9,11,28H2,1-3H3,(H,29,30,33). The number of aromatic nitrogens is 6. The molecule has 0 amide bonds. The average molecular weight is 513 g/mol. The summed E-state index contributed by atoms with van der Waals surface area (Å²) >= 11 is 5.63. The summed E-state index contributed by atoms with van der Waals surface area (Å²) in [6, 6.07) is 13.8. The monoisotopic (exact) mass is 512 g/mol. The first-order valence-corrected chi connectivity index (χ1v) is 12.4. The van der Waals surface area contributed by atoms with Crippen LogP contribution in [0.4, 0.5) is 11.5 Å². The molecule has 3 heterocycles. The Balaban J connectivity index is 1.33. The molecule has 0 aliphatic carbocycles. The predicted molar refractivity (Wildman–Crippen MR) is 149 cm³/mol. The van der Waals surface area contributed by atoms with E-state index >= 15 is 0 Å². The van der Waals surface area contributed by atoms with Gasteiger partial charge in [-0.15, -0.1) is 10.2 Å². The fourth-order valence-electron chi connectivity index (χ4n) is 3.95. The molecule has 5 aromatic rings. The Bertz CT molecular complexity index is 1590. The van der Waals surface area contributed by atoms with Crippen molar-refractivity contribution in [3.8, 4) is 11.6 Å². The Morgan fingerprint density at radius 3 is 2.76 bits per heavy atom. The van der Waals surface area contributed by atoms with E-state index in [2.05, 4.69) is 42.6 Å². The van der Waals surface area contributed by atoms with E-state index in [-0.39, 0.29) is 5.54 Å². The van der Waals surface area contributed by atoms with Gasteiger partial charge in [0, 0.05) is 29.1 Å². The summed E-state index contributed by atoms with van der Waals surface area (Å²) in [7, 11) is 0. The van der Waals surface area contributed by atoms with E-state index in [4.69, 9.17) is 22.7 Å². The highest BCUT2D eigenvalue weighted by Crippen LogP contribution is 2.30. The minimum absolute atomic E-state index is 0.224. The number of thiocarbonyl (C=S) groups is 1. The largest absolute Gasteiger partial charge is 0.439 e. The topological polar surface area (TPSA) is 116 Å². The Labute approximate surface area is 220 Å². The zero-order valence-electron chi connectivity index (χ0n) is 21.0. The van der Waals surface area contributed by atoms with Gasteiger partial charge in [-0.25, -0.2) is 15.0 Å². The molecular weight excluding hydrogens is 484 g/mol. The molecular formula is C27H28N8OS. The van der Waals surface area contributed by atoms with E-state index in [0.29, 0.717) is 17.3 Å². The third-order valence-corrected chi connectivity index (χ3v) is 6.31. The molecule has 188 valence electrons. The number of aryl methyl sites for hydroxylation is 1. The molecule has 0 saturated heterocycles. The molecule has 37 heavy (non-hydrogen) atoms. The van der Waals surface area contributed by atoms with Crippen molar-refractivity contribution >= 4 is 45.1 Å². The van der Waals surface area contributed by atoms with Crippen molar-refractivity contribution in [2.45, 2.75) is 45.6 Å². The second-order valence-corrected chi connectivity index (χ2v) is 10.4. The first-order valence-electron chi connectivity index (χ1n) is 12.0. The molecule has 0 atom stereocenters. The van der Waals surface area contributed by atoms with Crippen molar-refractivity contribution in [2.24, 2.45) is 5.73 Å². The smallest absolute Gasteiger partial charge is 0.224 e. The number of hydrogen-bond donors (Lipinski definition) is 2. The number of nitrogens with two attached hydrogens (primary N) is 1. The highest BCUT2D eigenvalue weighted by Gasteiger charge is 2.13. The van der Waals surface area contributed by atoms with Gasteiger partial charge in [-0.2, -0.15) is 0 Å². The summed E-state index contributed by atoms with van der Waals surface area (Å²) in [5.41, 5.74) is 10.4. The van der Waals surface area contributed by atoms with Gasteiger partial charge < -0.3 is 15.8 Å². The fourth-order valence-corrected chi connectivity index (χ4v) is 4.22. The predicted octanol–water partition coefficient (Wildman–Crippen LogP) is 5.34. The molecule has 0 aliphatic rings. The summed E-state index contributed by atoms with van der Waals surface area (Å²) < 4.78 is 7.71. The third kappa shape index (κ3) is 6.04. The van der Waals surface area contributed by atoms with E-state index < -0.39 is 0 Å². The lowest BCUT2D eigenvalue weighted by molar-refractivity contribution is 0.458. The lowest BCUT2D eigenvalue weighted by atomic mass is 9.96. The van der Waals surface area contributed by atoms with E-state index in [1.165, 1.54) is 0 Å². The van der Waals surface area contributed by atoms with Gasteiger partial charge in [0.2, 0.25) is 5.88 Å². The van der Waals surface area contributed by atoms with Crippen LogP contribution in [-0.4, -0.2) is 40.0 Å². The number of nitrogens with zero attached hydrogens (tertiary/aromatic N) is 6. The SMILES string of the molecule is Cc1cc(Nc2ncnc3ccc(CC(=S)CCC(C)(C)N)cc23)ccc1Oc1cc2nncn2cn1. The summed E-state index contributed by atoms with van der Waals surface area (Å²) in [6.07, 6.45) is 7.18. The molecule has 0 radical (unpaired) electrons. The maximum atomic E-state index is 6.12. The van der Waals surface area contributed by atoms with Gasteiger partial charge in [0.05, 0.1) is 5.52 Å². The summed E-state index contributed by atoms with van der Waals surface area (Å²) in [5.74, 6) is 1.88. The second-order valence-electron chi connectivity index (χ2n) is 9.81. The van der Waals surface area contributed by atoms with Crippen molar-refractivity contribution in [1.82, 2.24) is 29.5 Å². The van der Waals surface area contributed by atoms with Gasteiger partial charge in [0.25, 0.3) is 0 Å². The molecule has 3 aromatic heterocycles. The van der Waals surface area contributed by atoms with Crippen LogP contribution in [0.2, 0.25) is 0 Å². The van der Waals surface area contributed by atoms with Crippen LogP contribution in [0, 0.1) is 6.92 Å². The number of benzene rings is 2. The van der Waals surface area contributed by atoms with Gasteiger partial charge >= 0.3 is 0 Å². The number of fused-ring (bicyclic) bond motifs is 2. The Morgan fingerprint density at radius 1 is 1.08 bits per heavy atom. The molecule has 0 spiro atoms. The van der Waals surface area contributed by atoms with Crippen molar-refractivity contribution in [3.63, 3.8) is 0 Å². The fraction of sp³-hybridized carbons (Fsp3) is 0.259. The molecule has 5 rings (SSSR count). The molecule has 0 fully saturated rings. The number of nitrogens with one attached hydrogen (secondary N) is 1. The highest BCUT2D eigenvalue weighted by molar-refractivity contribution is 7.80. The maximum absolute atomic E-state index is 6.12. The molecule has 10 heteroatoms. The van der Waals surface area contributed by atoms with Gasteiger partial charge in [-0.05, 0) is 79.9 Å². The van der Waals surface area contributed by atoms with Crippen LogP contribution in [0.3, 0.4) is 0 Å². The van der Waals surface area contributed by atoms with Crippen LogP contribution < -0.4 is 15.8 Å². The molecule has 0 bridgehead atoms. The van der Waals surface area contributed by atoms with Gasteiger partial charge in [-0.3, -0.25) is 4.40 Å². The summed E-state index contributed by atoms with van der Waals surface area (Å²) in [6.45, 7) is 6.03. The van der Waals surface area contributed by atoms with Crippen LogP contribution in [0.15, 0.2) is 61.4 Å². The van der Waals surface area contributed by atoms with E-state index in [0.717, 1.165) is 57.7 Å². The van der Waals surface area contributed by atoms with E-state index in [1.807, 2.05) is 45.0 Å². The van der Waals surface area contributed by atoms with Crippen LogP contribution in [0.1, 0.15) is 37.8 Å². The van der Waals surface area contributed by atoms with Crippen LogP contribution in [0.25, 0.3) is 16.6 Å². The molecule has 0 aliphatic heterocycles. The van der Waals surface area contributed by atoms with E-state index in [9.17, 15) is 0 Å². The Hall–Kier alpha value is -4.02. The van der Waals surface area contributed by atoms with Crippen molar-refractivity contribution in [1.29, 1.82) is 0 Å². The minimum Gasteiger partial charge on any atom is -0.439 e. The summed E-state index contributed by atoms with van der Waals surface area (Å²) in [5, 5.41) is 12.3. The van der Waals surface area contributed by atoms with Crippen molar-refractivity contribution in [2.75, 3.05) is 5.32 Å². The van der Waals surface area contributed by atoms with Crippen molar-refractivity contribution < 1.29 is 4.74 Å².